The van der Waals surface area contributed by atoms with Crippen molar-refractivity contribution in [2.45, 2.75) is 0 Å². The first-order chi connectivity index (χ1) is 3.06. The number of hydrogen-bond donors (Lipinski definition) is 2. The Morgan fingerprint density at radius 3 is 2.00 bits per heavy atom. The van der Waals surface area contributed by atoms with Crippen molar-refractivity contribution in [3.05, 3.63) is 0 Å². The Balaban J connectivity index is 3.36. The zero-order valence-corrected chi connectivity index (χ0v) is 5.19. The second-order valence-corrected chi connectivity index (χ2v) is 3.23. The van der Waals surface area contributed by atoms with Crippen LogP contribution in [0, 0.1) is 0 Å². The second-order valence-electron chi connectivity index (χ2n) is 1.08. The molecule has 0 aromatic carbocycles. The fraction of sp³-hybridized carbons (Fsp3) is 1.00. The van der Waals surface area contributed by atoms with Gasteiger partial charge >= 0.3 is 7.60 Å². The molecule has 0 saturated heterocycles. The van der Waals surface area contributed by atoms with E-state index in [0.29, 0.717) is 0 Å². The summed E-state index contributed by atoms with van der Waals surface area (Å²) < 4.78 is 9.84. The standard InChI is InChI=1S/C2H6ClO3P/c3-1-2-7(4,5)6/h1-2H2,(H2,4,5,6)/i7+2. The van der Waals surface area contributed by atoms with Crippen LogP contribution in [0.5, 0.6) is 0 Å². The summed E-state index contributed by atoms with van der Waals surface area (Å²) in [6.07, 6.45) is -0.228. The van der Waals surface area contributed by atoms with Gasteiger partial charge in [-0.1, -0.05) is 0 Å². The van der Waals surface area contributed by atoms with Gasteiger partial charge in [0.25, 0.3) is 0 Å². The summed E-state index contributed by atoms with van der Waals surface area (Å²) in [6, 6.07) is 0. The van der Waals surface area contributed by atoms with Gasteiger partial charge in [-0.15, -0.1) is 11.6 Å². The largest absolute Gasteiger partial charge is 0.326 e. The summed E-state index contributed by atoms with van der Waals surface area (Å²) in [4.78, 5) is 16.1. The molecule has 0 spiro atoms. The molecule has 5 heteroatoms. The first kappa shape index (κ1) is 7.44. The highest BCUT2D eigenvalue weighted by molar-refractivity contribution is 7.51. The van der Waals surface area contributed by atoms with E-state index < -0.39 is 7.60 Å². The SMILES string of the molecule is O=[33P](O)(O)CCCl. The van der Waals surface area contributed by atoms with Crippen LogP contribution in [0.3, 0.4) is 0 Å². The first-order valence-electron chi connectivity index (χ1n) is 1.67. The number of hydrogen-bond acceptors (Lipinski definition) is 1. The monoisotopic (exact) mass is 146 g/mol. The average Bonchev–Trinajstić information content (AvgIpc) is 1.30. The molecule has 2 N–H and O–H groups in total. The van der Waals surface area contributed by atoms with E-state index in [4.69, 9.17) is 21.4 Å². The van der Waals surface area contributed by atoms with E-state index >= 15 is 0 Å². The zero-order valence-electron chi connectivity index (χ0n) is 3.54. The van der Waals surface area contributed by atoms with Gasteiger partial charge in [-0.05, 0) is 0 Å². The highest BCUT2D eigenvalue weighted by Gasteiger charge is 2.09. The molecule has 7 heavy (non-hydrogen) atoms. The third-order valence-corrected chi connectivity index (χ3v) is 1.63. The Morgan fingerprint density at radius 2 is 2.00 bits per heavy atom. The molecule has 0 fully saturated rings. The van der Waals surface area contributed by atoms with E-state index in [9.17, 15) is 4.57 Å². The highest BCUT2D eigenvalue weighted by Crippen LogP contribution is 2.33. The molecular weight excluding hydrogens is 140 g/mol. The first-order valence-corrected chi connectivity index (χ1v) is 4.00. The molecule has 0 rings (SSSR count). The Kier molecular flexibility index (Phi) is 2.84. The van der Waals surface area contributed by atoms with E-state index in [0.717, 1.165) is 0 Å². The molecule has 0 radical (unpaired) electrons. The maximum absolute atomic E-state index is 9.84. The zero-order chi connectivity index (χ0) is 5.91. The van der Waals surface area contributed by atoms with E-state index in [1.54, 1.807) is 0 Å². The van der Waals surface area contributed by atoms with Crippen LogP contribution in [-0.2, 0) is 4.57 Å². The molecule has 0 atom stereocenters. The molecule has 0 saturated carbocycles. The Morgan fingerprint density at radius 1 is 1.57 bits per heavy atom. The highest BCUT2D eigenvalue weighted by atomic mass is 35.5. The molecule has 0 unspecified atom stereocenters. The van der Waals surface area contributed by atoms with Crippen LogP contribution in [0.1, 0.15) is 0 Å². The quantitative estimate of drug-likeness (QED) is 0.438. The molecule has 0 aliphatic heterocycles. The molecule has 0 aromatic rings. The van der Waals surface area contributed by atoms with E-state index in [1.807, 2.05) is 0 Å². The van der Waals surface area contributed by atoms with Crippen molar-refractivity contribution in [3.63, 3.8) is 0 Å². The molecule has 44 valence electrons. The minimum absolute atomic E-state index is 0.0181. The smallest absolute Gasteiger partial charge is 0.324 e. The molecule has 0 amide bonds. The van der Waals surface area contributed by atoms with Gasteiger partial charge in [-0.3, -0.25) is 4.57 Å². The molecule has 0 aliphatic carbocycles. The lowest BCUT2D eigenvalue weighted by molar-refractivity contribution is 0.375. The predicted molar refractivity (Wildman–Crippen MR) is 27.6 cm³/mol. The van der Waals surface area contributed by atoms with Crippen LogP contribution in [0.25, 0.3) is 0 Å². The summed E-state index contributed by atoms with van der Waals surface area (Å²) in [7, 11) is -3.80. The molecule has 0 bridgehead atoms. The van der Waals surface area contributed by atoms with E-state index in [1.165, 1.54) is 0 Å². The Bertz CT molecular complexity index is 86.9. The number of rotatable bonds is 2. The van der Waals surface area contributed by atoms with E-state index in [-0.39, 0.29) is 12.0 Å². The Labute approximate surface area is 46.5 Å². The van der Waals surface area contributed by atoms with Crippen molar-refractivity contribution < 1.29 is 14.4 Å². The van der Waals surface area contributed by atoms with Crippen LogP contribution < -0.4 is 0 Å². The lowest BCUT2D eigenvalue weighted by Crippen LogP contribution is -1.86. The van der Waals surface area contributed by atoms with Gasteiger partial charge in [0.05, 0.1) is 6.16 Å². The lowest BCUT2D eigenvalue weighted by Gasteiger charge is -1.95. The molecule has 0 heterocycles. The fourth-order valence-corrected chi connectivity index (χ4v) is 0.991. The minimum atomic E-state index is -3.80. The summed E-state index contributed by atoms with van der Waals surface area (Å²) in [5.41, 5.74) is 0. The third kappa shape index (κ3) is 6.44. The Hall–Kier alpha value is 0.440. The van der Waals surface area contributed by atoms with Crippen molar-refractivity contribution in [1.82, 2.24) is 0 Å². The van der Waals surface area contributed by atoms with Gasteiger partial charge in [0, 0.05) is 5.88 Å². The summed E-state index contributed by atoms with van der Waals surface area (Å²) >= 11 is 4.99. The average molecular weight is 146 g/mol. The van der Waals surface area contributed by atoms with Crippen LogP contribution in [0.2, 0.25) is 0 Å². The van der Waals surface area contributed by atoms with Crippen LogP contribution >= 0.6 is 19.2 Å². The lowest BCUT2D eigenvalue weighted by atomic mass is 11.0. The summed E-state index contributed by atoms with van der Waals surface area (Å²) in [5, 5.41) is 0. The van der Waals surface area contributed by atoms with Crippen molar-refractivity contribution in [3.8, 4) is 0 Å². The molecule has 3 nitrogen and oxygen atoms in total. The normalized spacial score (nSPS) is 11.9. The van der Waals surface area contributed by atoms with E-state index in [2.05, 4.69) is 0 Å². The van der Waals surface area contributed by atoms with Crippen LogP contribution in [0.4, 0.5) is 0 Å². The number of halogens is 1. The van der Waals surface area contributed by atoms with Gasteiger partial charge in [0.15, 0.2) is 0 Å². The van der Waals surface area contributed by atoms with Crippen molar-refractivity contribution in [2.75, 3.05) is 12.0 Å². The van der Waals surface area contributed by atoms with Gasteiger partial charge in [0.2, 0.25) is 0 Å². The maximum atomic E-state index is 9.84. The van der Waals surface area contributed by atoms with Gasteiger partial charge < -0.3 is 9.79 Å². The topological polar surface area (TPSA) is 57.5 Å². The molecule has 0 aliphatic rings. The van der Waals surface area contributed by atoms with Gasteiger partial charge in [-0.2, -0.15) is 0 Å². The minimum Gasteiger partial charge on any atom is -0.324 e. The molecule has 0 aromatic heterocycles. The maximum Gasteiger partial charge on any atom is 0.326 e. The predicted octanol–water partition coefficient (Wildman–Crippen LogP) is 0.403. The van der Waals surface area contributed by atoms with Gasteiger partial charge in [0.1, 0.15) is 0 Å². The van der Waals surface area contributed by atoms with Gasteiger partial charge in [-0.25, -0.2) is 0 Å². The number of alkyl halides is 1. The van der Waals surface area contributed by atoms with Crippen LogP contribution in [0.15, 0.2) is 0 Å². The summed E-state index contributed by atoms with van der Waals surface area (Å²) in [5.74, 6) is 0.0181. The second kappa shape index (κ2) is 2.68. The molecular formula is C2H6ClO3P. The fourth-order valence-electron chi connectivity index (χ4n) is 0.110. The van der Waals surface area contributed by atoms with Crippen molar-refractivity contribution in [2.24, 2.45) is 0 Å². The third-order valence-electron chi connectivity index (χ3n) is 0.376. The van der Waals surface area contributed by atoms with Crippen molar-refractivity contribution in [1.29, 1.82) is 0 Å². The van der Waals surface area contributed by atoms with Crippen molar-refractivity contribution >= 4 is 19.2 Å². The summed E-state index contributed by atoms with van der Waals surface area (Å²) in [6.45, 7) is 0. The van der Waals surface area contributed by atoms with Crippen LogP contribution in [-0.4, -0.2) is 21.8 Å².